The highest BCUT2D eigenvalue weighted by Crippen LogP contribution is 2.20. The first-order valence-electron chi connectivity index (χ1n) is 8.81. The third-order valence-corrected chi connectivity index (χ3v) is 5.10. The third kappa shape index (κ3) is 5.43. The molecule has 0 fully saturated rings. The van der Waals surface area contributed by atoms with Gasteiger partial charge in [0.2, 0.25) is 0 Å². The molecule has 0 unspecified atom stereocenters. The van der Waals surface area contributed by atoms with Crippen molar-refractivity contribution in [3.63, 3.8) is 0 Å². The molecule has 0 aliphatic heterocycles. The fourth-order valence-electron chi connectivity index (χ4n) is 2.43. The van der Waals surface area contributed by atoms with Crippen LogP contribution in [0, 0.1) is 0 Å². The Kier molecular flexibility index (Phi) is 6.10. The van der Waals surface area contributed by atoms with Crippen LogP contribution >= 0.6 is 0 Å². The fraction of sp³-hybridized carbons (Fsp3) is 0.200. The summed E-state index contributed by atoms with van der Waals surface area (Å²) in [5.74, 6) is 0.866. The molecule has 3 rings (SSSR count). The van der Waals surface area contributed by atoms with Crippen LogP contribution in [-0.2, 0) is 16.6 Å². The zero-order chi connectivity index (χ0) is 20.0. The molecule has 2 N–H and O–H groups in total. The normalized spacial score (nSPS) is 11.2. The zero-order valence-corrected chi connectivity index (χ0v) is 16.5. The molecule has 0 radical (unpaired) electrons. The van der Waals surface area contributed by atoms with Crippen LogP contribution in [0.1, 0.15) is 19.4 Å². The number of pyridine rings is 2. The summed E-state index contributed by atoms with van der Waals surface area (Å²) in [6.45, 7) is 4.42. The van der Waals surface area contributed by atoms with E-state index in [1.165, 1.54) is 12.1 Å². The molecular weight excluding hydrogens is 376 g/mol. The van der Waals surface area contributed by atoms with Gasteiger partial charge in [-0.3, -0.25) is 9.71 Å². The lowest BCUT2D eigenvalue weighted by atomic mass is 10.3. The third-order valence-electron chi connectivity index (χ3n) is 3.73. The molecule has 0 amide bonds. The first kappa shape index (κ1) is 19.6. The maximum atomic E-state index is 12.5. The molecule has 146 valence electrons. The summed E-state index contributed by atoms with van der Waals surface area (Å²) < 4.78 is 33.0. The quantitative estimate of drug-likeness (QED) is 0.601. The average molecular weight is 398 g/mol. The average Bonchev–Trinajstić information content (AvgIpc) is 2.68. The van der Waals surface area contributed by atoms with E-state index in [0.717, 1.165) is 11.3 Å². The number of hydrogen-bond donors (Lipinski definition) is 2. The van der Waals surface area contributed by atoms with Crippen LogP contribution in [0.4, 0.5) is 11.5 Å². The highest BCUT2D eigenvalue weighted by molar-refractivity contribution is 7.92. The van der Waals surface area contributed by atoms with E-state index in [1.807, 2.05) is 26.0 Å². The van der Waals surface area contributed by atoms with Gasteiger partial charge in [-0.05, 0) is 61.9 Å². The number of benzene rings is 1. The minimum Gasteiger partial charge on any atom is -0.491 e. The van der Waals surface area contributed by atoms with Crippen molar-refractivity contribution < 1.29 is 13.2 Å². The SMILES string of the molecule is CC(C)Oc1ccc(S(=O)(=O)Nc2ccc(NCc3cccnc3)cn2)cc1. The molecular formula is C20H22N4O3S. The number of anilines is 2. The molecule has 7 nitrogen and oxygen atoms in total. The molecule has 0 bridgehead atoms. The van der Waals surface area contributed by atoms with E-state index in [-0.39, 0.29) is 16.8 Å². The minimum atomic E-state index is -3.72. The topological polar surface area (TPSA) is 93.2 Å². The Hall–Kier alpha value is -3.13. The van der Waals surface area contributed by atoms with Gasteiger partial charge in [-0.25, -0.2) is 13.4 Å². The van der Waals surface area contributed by atoms with Crippen LogP contribution in [0.15, 0.2) is 72.0 Å². The van der Waals surface area contributed by atoms with Crippen molar-refractivity contribution in [2.75, 3.05) is 10.0 Å². The summed E-state index contributed by atoms with van der Waals surface area (Å²) in [6, 6.07) is 13.5. The molecule has 8 heteroatoms. The highest BCUT2D eigenvalue weighted by atomic mass is 32.2. The lowest BCUT2D eigenvalue weighted by Gasteiger charge is -2.11. The lowest BCUT2D eigenvalue weighted by Crippen LogP contribution is -2.14. The Balaban J connectivity index is 1.62. The molecule has 2 heterocycles. The van der Waals surface area contributed by atoms with Gasteiger partial charge >= 0.3 is 0 Å². The predicted molar refractivity (Wildman–Crippen MR) is 109 cm³/mol. The van der Waals surface area contributed by atoms with Crippen molar-refractivity contribution in [1.29, 1.82) is 0 Å². The lowest BCUT2D eigenvalue weighted by molar-refractivity contribution is 0.242. The van der Waals surface area contributed by atoms with E-state index in [2.05, 4.69) is 20.0 Å². The largest absolute Gasteiger partial charge is 0.491 e. The summed E-state index contributed by atoms with van der Waals surface area (Å²) in [6.07, 6.45) is 5.10. The van der Waals surface area contributed by atoms with Crippen molar-refractivity contribution in [3.05, 3.63) is 72.7 Å². The number of nitrogens with zero attached hydrogens (tertiary/aromatic N) is 2. The van der Waals surface area contributed by atoms with Crippen LogP contribution in [0.5, 0.6) is 5.75 Å². The summed E-state index contributed by atoms with van der Waals surface area (Å²) in [4.78, 5) is 8.37. The molecule has 0 spiro atoms. The van der Waals surface area contributed by atoms with Crippen LogP contribution < -0.4 is 14.8 Å². The smallest absolute Gasteiger partial charge is 0.263 e. The number of hydrogen-bond acceptors (Lipinski definition) is 6. The molecule has 2 aromatic heterocycles. The van der Waals surface area contributed by atoms with E-state index in [1.54, 1.807) is 42.9 Å². The fourth-order valence-corrected chi connectivity index (χ4v) is 3.44. The van der Waals surface area contributed by atoms with Gasteiger partial charge in [-0.1, -0.05) is 6.07 Å². The maximum absolute atomic E-state index is 12.5. The van der Waals surface area contributed by atoms with Crippen molar-refractivity contribution in [2.45, 2.75) is 31.4 Å². The Labute approximate surface area is 164 Å². The Morgan fingerprint density at radius 1 is 1.04 bits per heavy atom. The van der Waals surface area contributed by atoms with Crippen molar-refractivity contribution in [2.24, 2.45) is 0 Å². The molecule has 0 aliphatic carbocycles. The van der Waals surface area contributed by atoms with Crippen LogP contribution in [-0.4, -0.2) is 24.5 Å². The molecule has 0 saturated carbocycles. The van der Waals surface area contributed by atoms with Gasteiger partial charge in [-0.15, -0.1) is 0 Å². The second kappa shape index (κ2) is 8.71. The van der Waals surface area contributed by atoms with Crippen molar-refractivity contribution >= 4 is 21.5 Å². The summed E-state index contributed by atoms with van der Waals surface area (Å²) in [5.41, 5.74) is 1.82. The standard InChI is InChI=1S/C20H22N4O3S/c1-15(2)27-18-6-8-19(9-7-18)28(25,26)24-20-10-5-17(14-23-20)22-13-16-4-3-11-21-12-16/h3-12,14-15,22H,13H2,1-2H3,(H,23,24). The van der Waals surface area contributed by atoms with Gasteiger partial charge in [0.25, 0.3) is 10.0 Å². The summed E-state index contributed by atoms with van der Waals surface area (Å²) in [7, 11) is -3.72. The number of nitrogens with one attached hydrogen (secondary N) is 2. The molecule has 3 aromatic rings. The molecule has 1 aromatic carbocycles. The van der Waals surface area contributed by atoms with E-state index in [0.29, 0.717) is 12.3 Å². The first-order chi connectivity index (χ1) is 13.4. The molecule has 0 saturated heterocycles. The van der Waals surface area contributed by atoms with Gasteiger partial charge in [-0.2, -0.15) is 0 Å². The van der Waals surface area contributed by atoms with E-state index in [4.69, 9.17) is 4.74 Å². The minimum absolute atomic E-state index is 0.0232. The summed E-state index contributed by atoms with van der Waals surface area (Å²) in [5, 5.41) is 3.21. The Morgan fingerprint density at radius 3 is 2.43 bits per heavy atom. The van der Waals surface area contributed by atoms with Gasteiger partial charge in [0.15, 0.2) is 0 Å². The number of aromatic nitrogens is 2. The van der Waals surface area contributed by atoms with Crippen LogP contribution in [0.2, 0.25) is 0 Å². The second-order valence-electron chi connectivity index (χ2n) is 6.39. The Bertz CT molecular complexity index is 990. The van der Waals surface area contributed by atoms with Crippen LogP contribution in [0.25, 0.3) is 0 Å². The number of sulfonamides is 1. The Morgan fingerprint density at radius 2 is 1.82 bits per heavy atom. The van der Waals surface area contributed by atoms with Gasteiger partial charge in [0.1, 0.15) is 11.6 Å². The van der Waals surface area contributed by atoms with E-state index >= 15 is 0 Å². The maximum Gasteiger partial charge on any atom is 0.263 e. The van der Waals surface area contributed by atoms with E-state index < -0.39 is 10.0 Å². The van der Waals surface area contributed by atoms with Crippen molar-refractivity contribution in [3.8, 4) is 5.75 Å². The monoisotopic (exact) mass is 398 g/mol. The molecule has 0 atom stereocenters. The van der Waals surface area contributed by atoms with Gasteiger partial charge < -0.3 is 10.1 Å². The van der Waals surface area contributed by atoms with E-state index in [9.17, 15) is 8.42 Å². The molecule has 28 heavy (non-hydrogen) atoms. The highest BCUT2D eigenvalue weighted by Gasteiger charge is 2.15. The predicted octanol–water partition coefficient (Wildman–Crippen LogP) is 3.68. The van der Waals surface area contributed by atoms with Crippen LogP contribution in [0.3, 0.4) is 0 Å². The number of ether oxygens (including phenoxy) is 1. The molecule has 0 aliphatic rings. The zero-order valence-electron chi connectivity index (χ0n) is 15.7. The summed E-state index contributed by atoms with van der Waals surface area (Å²) >= 11 is 0. The van der Waals surface area contributed by atoms with Gasteiger partial charge in [0, 0.05) is 18.9 Å². The van der Waals surface area contributed by atoms with Gasteiger partial charge in [0.05, 0.1) is 22.9 Å². The van der Waals surface area contributed by atoms with Crippen molar-refractivity contribution in [1.82, 2.24) is 9.97 Å². The second-order valence-corrected chi connectivity index (χ2v) is 8.07. The first-order valence-corrected chi connectivity index (χ1v) is 10.3. The number of rotatable bonds is 8.